The van der Waals surface area contributed by atoms with E-state index in [9.17, 15) is 18.3 Å². The predicted octanol–water partition coefficient (Wildman–Crippen LogP) is 2.30. The highest BCUT2D eigenvalue weighted by atomic mass is 32.1. The van der Waals surface area contributed by atoms with E-state index in [2.05, 4.69) is 0 Å². The van der Waals surface area contributed by atoms with E-state index in [1.165, 1.54) is 12.1 Å². The molecule has 0 aliphatic carbocycles. The summed E-state index contributed by atoms with van der Waals surface area (Å²) in [5.74, 6) is 0. The van der Waals surface area contributed by atoms with Crippen LogP contribution in [-0.4, -0.2) is 28.8 Å². The van der Waals surface area contributed by atoms with Gasteiger partial charge in [0.1, 0.15) is 4.99 Å². The van der Waals surface area contributed by atoms with E-state index in [1.807, 2.05) is 4.90 Å². The minimum atomic E-state index is -4.49. The van der Waals surface area contributed by atoms with Crippen molar-refractivity contribution in [2.24, 2.45) is 5.73 Å². The Labute approximate surface area is 120 Å². The van der Waals surface area contributed by atoms with Gasteiger partial charge in [-0.15, -0.1) is 0 Å². The van der Waals surface area contributed by atoms with E-state index >= 15 is 0 Å². The van der Waals surface area contributed by atoms with E-state index in [0.717, 1.165) is 6.07 Å². The average molecular weight is 304 g/mol. The smallest absolute Gasteiger partial charge is 0.389 e. The van der Waals surface area contributed by atoms with Crippen molar-refractivity contribution < 1.29 is 18.3 Å². The number of nitrogens with two attached hydrogens (primary N) is 1. The molecule has 0 amide bonds. The summed E-state index contributed by atoms with van der Waals surface area (Å²) in [5.41, 5.74) is 4.13. The number of anilines is 1. The lowest BCUT2D eigenvalue weighted by atomic mass is 10.1. The Balaban J connectivity index is 2.39. The first-order valence-corrected chi connectivity index (χ1v) is 6.49. The topological polar surface area (TPSA) is 49.5 Å². The zero-order chi connectivity index (χ0) is 15.1. The summed E-state index contributed by atoms with van der Waals surface area (Å²) in [6.45, 7) is 2.65. The van der Waals surface area contributed by atoms with Crippen molar-refractivity contribution in [1.29, 1.82) is 0 Å². The monoisotopic (exact) mass is 304 g/mol. The number of alkyl halides is 3. The lowest BCUT2D eigenvalue weighted by Gasteiger charge is -2.22. The van der Waals surface area contributed by atoms with Gasteiger partial charge in [0.2, 0.25) is 0 Å². The van der Waals surface area contributed by atoms with Gasteiger partial charge in [-0.3, -0.25) is 0 Å². The van der Waals surface area contributed by atoms with Gasteiger partial charge in [0.05, 0.1) is 11.2 Å². The first-order chi connectivity index (χ1) is 9.10. The maximum Gasteiger partial charge on any atom is 0.417 e. The van der Waals surface area contributed by atoms with E-state index in [4.69, 9.17) is 18.0 Å². The van der Waals surface area contributed by atoms with Gasteiger partial charge in [0, 0.05) is 24.3 Å². The first kappa shape index (κ1) is 15.1. The third-order valence-electron chi connectivity index (χ3n) is 3.39. The van der Waals surface area contributed by atoms with Gasteiger partial charge in [-0.1, -0.05) is 12.2 Å². The highest BCUT2D eigenvalue weighted by Gasteiger charge is 2.36. The summed E-state index contributed by atoms with van der Waals surface area (Å²) in [4.78, 5) is 1.53. The number of rotatable bonds is 2. The summed E-state index contributed by atoms with van der Waals surface area (Å²) < 4.78 is 38.6. The molecular weight excluding hydrogens is 289 g/mol. The molecular formula is C13H15F3N2OS. The molecule has 1 aromatic carbocycles. The number of nitrogens with zero attached hydrogens (tertiary/aromatic N) is 1. The third kappa shape index (κ3) is 3.04. The third-order valence-corrected chi connectivity index (χ3v) is 3.61. The van der Waals surface area contributed by atoms with Crippen LogP contribution >= 0.6 is 12.2 Å². The van der Waals surface area contributed by atoms with Gasteiger partial charge in [-0.25, -0.2) is 0 Å². The molecule has 1 saturated heterocycles. The SMILES string of the molecule is CC1(O)CCN(c2ccc(C(F)(F)F)c(C(N)=S)c2)C1. The molecule has 0 radical (unpaired) electrons. The molecule has 110 valence electrons. The van der Waals surface area contributed by atoms with Crippen molar-refractivity contribution in [3.63, 3.8) is 0 Å². The Hall–Kier alpha value is -1.34. The molecule has 0 saturated carbocycles. The van der Waals surface area contributed by atoms with Gasteiger partial charge >= 0.3 is 6.18 Å². The second kappa shape index (κ2) is 4.89. The molecule has 3 N–H and O–H groups in total. The standard InChI is InChI=1S/C13H15F3N2OS/c1-12(19)4-5-18(7-12)8-2-3-10(13(14,15)16)9(6-8)11(17)20/h2-3,6,19H,4-5,7H2,1H3,(H2,17,20). The van der Waals surface area contributed by atoms with Gasteiger partial charge < -0.3 is 15.7 Å². The van der Waals surface area contributed by atoms with Gasteiger partial charge in [0.15, 0.2) is 0 Å². The van der Waals surface area contributed by atoms with E-state index in [0.29, 0.717) is 25.2 Å². The lowest BCUT2D eigenvalue weighted by Crippen LogP contribution is -2.30. The van der Waals surface area contributed by atoms with Crippen LogP contribution < -0.4 is 10.6 Å². The maximum absolute atomic E-state index is 12.9. The van der Waals surface area contributed by atoms with Crippen molar-refractivity contribution >= 4 is 22.9 Å². The molecule has 1 aromatic rings. The summed E-state index contributed by atoms with van der Waals surface area (Å²) in [7, 11) is 0. The molecule has 7 heteroatoms. The fourth-order valence-corrected chi connectivity index (χ4v) is 2.51. The number of hydrogen-bond donors (Lipinski definition) is 2. The van der Waals surface area contributed by atoms with Crippen LogP contribution in [0.4, 0.5) is 18.9 Å². The Morgan fingerprint density at radius 1 is 1.45 bits per heavy atom. The van der Waals surface area contributed by atoms with Crippen LogP contribution in [0, 0.1) is 0 Å². The summed E-state index contributed by atoms with van der Waals surface area (Å²) in [5, 5.41) is 9.92. The van der Waals surface area contributed by atoms with E-state index in [-0.39, 0.29) is 10.6 Å². The minimum absolute atomic E-state index is 0.184. The van der Waals surface area contributed by atoms with Gasteiger partial charge in [-0.2, -0.15) is 13.2 Å². The molecule has 20 heavy (non-hydrogen) atoms. The Morgan fingerprint density at radius 2 is 2.10 bits per heavy atom. The fourth-order valence-electron chi connectivity index (χ4n) is 2.35. The van der Waals surface area contributed by atoms with Crippen molar-refractivity contribution in [3.05, 3.63) is 29.3 Å². The van der Waals surface area contributed by atoms with Crippen LogP contribution in [0.3, 0.4) is 0 Å². The zero-order valence-electron chi connectivity index (χ0n) is 10.9. The lowest BCUT2D eigenvalue weighted by molar-refractivity contribution is -0.137. The summed E-state index contributed by atoms with van der Waals surface area (Å²) in [6.07, 6.45) is -3.93. The largest absolute Gasteiger partial charge is 0.417 e. The van der Waals surface area contributed by atoms with Gasteiger partial charge in [-0.05, 0) is 31.5 Å². The predicted molar refractivity (Wildman–Crippen MR) is 74.8 cm³/mol. The van der Waals surface area contributed by atoms with Crippen LogP contribution in [-0.2, 0) is 6.18 Å². The number of thiocarbonyl (C=S) groups is 1. The molecule has 1 aliphatic rings. The van der Waals surface area contributed by atoms with Crippen LogP contribution in [0.1, 0.15) is 24.5 Å². The Bertz CT molecular complexity index is 543. The van der Waals surface area contributed by atoms with Crippen molar-refractivity contribution in [1.82, 2.24) is 0 Å². The van der Waals surface area contributed by atoms with Crippen LogP contribution in [0.5, 0.6) is 0 Å². The van der Waals surface area contributed by atoms with Gasteiger partial charge in [0.25, 0.3) is 0 Å². The molecule has 0 spiro atoms. The zero-order valence-corrected chi connectivity index (χ0v) is 11.7. The number of aliphatic hydroxyl groups is 1. The molecule has 0 aromatic heterocycles. The average Bonchev–Trinajstić information content (AvgIpc) is 2.67. The number of hydrogen-bond acceptors (Lipinski definition) is 3. The molecule has 3 nitrogen and oxygen atoms in total. The molecule has 0 bridgehead atoms. The molecule has 1 unspecified atom stereocenters. The highest BCUT2D eigenvalue weighted by molar-refractivity contribution is 7.80. The summed E-state index contributed by atoms with van der Waals surface area (Å²) >= 11 is 4.71. The van der Waals surface area contributed by atoms with Crippen molar-refractivity contribution in [2.45, 2.75) is 25.1 Å². The molecule has 2 rings (SSSR count). The molecule has 1 aliphatic heterocycles. The van der Waals surface area contributed by atoms with Crippen LogP contribution in [0.2, 0.25) is 0 Å². The molecule has 1 atom stereocenters. The van der Waals surface area contributed by atoms with Crippen molar-refractivity contribution in [2.75, 3.05) is 18.0 Å². The summed E-state index contributed by atoms with van der Waals surface area (Å²) in [6, 6.07) is 3.70. The van der Waals surface area contributed by atoms with E-state index < -0.39 is 17.3 Å². The fraction of sp³-hybridized carbons (Fsp3) is 0.462. The Kier molecular flexibility index (Phi) is 3.68. The number of β-amino-alcohol motifs (C(OH)–C–C–N with tert-alkyl or cyclic N) is 1. The van der Waals surface area contributed by atoms with Crippen molar-refractivity contribution in [3.8, 4) is 0 Å². The number of halogens is 3. The maximum atomic E-state index is 12.9. The minimum Gasteiger partial charge on any atom is -0.389 e. The van der Waals surface area contributed by atoms with Crippen LogP contribution in [0.25, 0.3) is 0 Å². The second-order valence-corrected chi connectivity index (χ2v) is 5.70. The first-order valence-electron chi connectivity index (χ1n) is 6.08. The normalized spacial score (nSPS) is 23.1. The van der Waals surface area contributed by atoms with Crippen LogP contribution in [0.15, 0.2) is 18.2 Å². The number of benzene rings is 1. The highest BCUT2D eigenvalue weighted by Crippen LogP contribution is 2.35. The van der Waals surface area contributed by atoms with E-state index in [1.54, 1.807) is 6.92 Å². The second-order valence-electron chi connectivity index (χ2n) is 5.26. The molecule has 1 fully saturated rings. The Morgan fingerprint density at radius 3 is 2.55 bits per heavy atom. The molecule has 1 heterocycles. The quantitative estimate of drug-likeness (QED) is 0.823.